The van der Waals surface area contributed by atoms with Gasteiger partial charge in [0.25, 0.3) is 5.91 Å². The van der Waals surface area contributed by atoms with E-state index in [1.165, 1.54) is 12.1 Å². The Hall–Kier alpha value is -1.49. The Labute approximate surface area is 118 Å². The van der Waals surface area contributed by atoms with Crippen LogP contribution in [-0.4, -0.2) is 28.9 Å². The van der Waals surface area contributed by atoms with Crippen molar-refractivity contribution in [2.24, 2.45) is 11.7 Å². The van der Waals surface area contributed by atoms with Crippen molar-refractivity contribution in [3.05, 3.63) is 35.1 Å². The molecule has 0 aromatic heterocycles. The second kappa shape index (κ2) is 6.61. The lowest BCUT2D eigenvalue weighted by Crippen LogP contribution is -2.38. The second-order valence-corrected chi connectivity index (χ2v) is 5.14. The summed E-state index contributed by atoms with van der Waals surface area (Å²) < 4.78 is 13.3. The van der Waals surface area contributed by atoms with E-state index in [-0.39, 0.29) is 11.8 Å². The van der Waals surface area contributed by atoms with Crippen molar-refractivity contribution in [3.63, 3.8) is 0 Å². The number of aryl methyl sites for hydroxylation is 1. The van der Waals surface area contributed by atoms with Gasteiger partial charge in [-0.25, -0.2) is 4.39 Å². The molecule has 0 spiro atoms. The quantitative estimate of drug-likeness (QED) is 0.844. The van der Waals surface area contributed by atoms with E-state index < -0.39 is 5.82 Å². The summed E-state index contributed by atoms with van der Waals surface area (Å²) in [5.74, 6) is -0.663. The first kappa shape index (κ1) is 15.6. The van der Waals surface area contributed by atoms with Gasteiger partial charge in [0.1, 0.15) is 5.82 Å². The van der Waals surface area contributed by atoms with Crippen LogP contribution in [0, 0.1) is 18.7 Å². The van der Waals surface area contributed by atoms with Crippen LogP contribution in [0.15, 0.2) is 18.2 Å². The van der Waals surface area contributed by atoms with Crippen molar-refractivity contribution in [3.8, 4) is 0 Å². The number of carbonyl (C=O) groups excluding carboxylic acids is 1. The normalized spacial score (nSPS) is 12.0. The van der Waals surface area contributed by atoms with Gasteiger partial charge < -0.3 is 10.6 Å². The number of nitrogens with zero attached hydrogens (tertiary/aromatic N) is 1. The summed E-state index contributed by atoms with van der Waals surface area (Å²) in [4.78, 5) is 14.3. The maximum atomic E-state index is 13.3. The number of halogens is 1. The van der Waals surface area contributed by atoms with Crippen molar-refractivity contribution < 1.29 is 9.18 Å². The van der Waals surface area contributed by atoms with Gasteiger partial charge in [-0.3, -0.25) is 4.79 Å². The lowest BCUT2D eigenvalue weighted by molar-refractivity contribution is 0.0754. The van der Waals surface area contributed by atoms with Gasteiger partial charge >= 0.3 is 0 Å². The highest BCUT2D eigenvalue weighted by Gasteiger charge is 2.18. The average molecular weight is 282 g/mol. The van der Waals surface area contributed by atoms with E-state index in [1.807, 2.05) is 13.8 Å². The van der Waals surface area contributed by atoms with E-state index in [4.69, 9.17) is 18.0 Å². The number of rotatable bonds is 5. The van der Waals surface area contributed by atoms with E-state index in [0.29, 0.717) is 23.6 Å². The minimum Gasteiger partial charge on any atom is -0.393 e. The summed E-state index contributed by atoms with van der Waals surface area (Å²) in [5.41, 5.74) is 6.64. The molecule has 0 fully saturated rings. The molecule has 5 heteroatoms. The van der Waals surface area contributed by atoms with Crippen LogP contribution in [0.5, 0.6) is 0 Å². The van der Waals surface area contributed by atoms with Gasteiger partial charge in [-0.15, -0.1) is 0 Å². The zero-order valence-electron chi connectivity index (χ0n) is 11.4. The van der Waals surface area contributed by atoms with Crippen molar-refractivity contribution in [1.82, 2.24) is 4.90 Å². The van der Waals surface area contributed by atoms with Gasteiger partial charge in [-0.1, -0.05) is 19.1 Å². The number of amides is 1. The number of carbonyl (C=O) groups is 1. The molecular formula is C14H19FN2OS. The fourth-order valence-electron chi connectivity index (χ4n) is 1.82. The van der Waals surface area contributed by atoms with Gasteiger partial charge in [0.15, 0.2) is 0 Å². The fourth-order valence-corrected chi connectivity index (χ4v) is 1.89. The number of thiocarbonyl (C=S) groups is 1. The minimum atomic E-state index is -0.401. The van der Waals surface area contributed by atoms with Gasteiger partial charge in [0.05, 0.1) is 4.99 Å². The first-order valence-electron chi connectivity index (χ1n) is 6.21. The van der Waals surface area contributed by atoms with Crippen LogP contribution < -0.4 is 5.73 Å². The molecule has 0 radical (unpaired) electrons. The molecule has 0 saturated heterocycles. The predicted octanol–water partition coefficient (Wildman–Crippen LogP) is 2.52. The zero-order chi connectivity index (χ0) is 14.6. The van der Waals surface area contributed by atoms with Crippen molar-refractivity contribution in [2.75, 3.05) is 13.1 Å². The number of hydrogen-bond acceptors (Lipinski definition) is 2. The largest absolute Gasteiger partial charge is 0.393 e. The van der Waals surface area contributed by atoms with Crippen LogP contribution >= 0.6 is 12.2 Å². The van der Waals surface area contributed by atoms with E-state index in [1.54, 1.807) is 17.9 Å². The topological polar surface area (TPSA) is 46.3 Å². The number of nitrogens with two attached hydrogens (primary N) is 1. The summed E-state index contributed by atoms with van der Waals surface area (Å²) in [7, 11) is 0. The Balaban J connectivity index is 2.92. The number of benzene rings is 1. The third kappa shape index (κ3) is 4.28. The lowest BCUT2D eigenvalue weighted by Gasteiger charge is -2.24. The molecule has 1 aromatic rings. The first-order valence-corrected chi connectivity index (χ1v) is 6.61. The third-order valence-corrected chi connectivity index (χ3v) is 3.34. The SMILES string of the molecule is CCN(CC(C)C(N)=S)C(=O)c1cc(C)cc(F)c1. The molecule has 0 bridgehead atoms. The van der Waals surface area contributed by atoms with Crippen LogP contribution in [0.25, 0.3) is 0 Å². The van der Waals surface area contributed by atoms with Crippen molar-refractivity contribution in [1.29, 1.82) is 0 Å². The molecule has 1 unspecified atom stereocenters. The molecule has 1 amide bonds. The maximum absolute atomic E-state index is 13.3. The van der Waals surface area contributed by atoms with Crippen LogP contribution in [0.1, 0.15) is 29.8 Å². The van der Waals surface area contributed by atoms with Gasteiger partial charge in [0, 0.05) is 24.6 Å². The van der Waals surface area contributed by atoms with Crippen molar-refractivity contribution in [2.45, 2.75) is 20.8 Å². The van der Waals surface area contributed by atoms with Crippen LogP contribution in [0.4, 0.5) is 4.39 Å². The molecule has 0 aliphatic carbocycles. The highest BCUT2D eigenvalue weighted by molar-refractivity contribution is 7.80. The number of hydrogen-bond donors (Lipinski definition) is 1. The molecule has 1 aromatic carbocycles. The van der Waals surface area contributed by atoms with E-state index >= 15 is 0 Å². The standard InChI is InChI=1S/C14H19FN2OS/c1-4-17(8-10(3)13(16)19)14(18)11-5-9(2)6-12(15)7-11/h5-7,10H,4,8H2,1-3H3,(H2,16,19). The monoisotopic (exact) mass is 282 g/mol. The Bertz CT molecular complexity index is 470. The minimum absolute atomic E-state index is 0.0615. The third-order valence-electron chi connectivity index (χ3n) is 2.94. The smallest absolute Gasteiger partial charge is 0.253 e. The highest BCUT2D eigenvalue weighted by Crippen LogP contribution is 2.12. The molecule has 0 heterocycles. The molecule has 2 N–H and O–H groups in total. The van der Waals surface area contributed by atoms with Gasteiger partial charge in [-0.2, -0.15) is 0 Å². The maximum Gasteiger partial charge on any atom is 0.253 e. The molecule has 0 aliphatic rings. The highest BCUT2D eigenvalue weighted by atomic mass is 32.1. The summed E-state index contributed by atoms with van der Waals surface area (Å²) in [6.07, 6.45) is 0. The summed E-state index contributed by atoms with van der Waals surface area (Å²) >= 11 is 4.91. The first-order chi connectivity index (χ1) is 8.85. The Morgan fingerprint density at radius 3 is 2.58 bits per heavy atom. The molecule has 1 rings (SSSR count). The van der Waals surface area contributed by atoms with Crippen LogP contribution in [0.2, 0.25) is 0 Å². The molecule has 19 heavy (non-hydrogen) atoms. The van der Waals surface area contributed by atoms with Gasteiger partial charge in [0.2, 0.25) is 0 Å². The summed E-state index contributed by atoms with van der Waals surface area (Å²) in [6.45, 7) is 6.47. The molecule has 0 aliphatic heterocycles. The molecule has 3 nitrogen and oxygen atoms in total. The zero-order valence-corrected chi connectivity index (χ0v) is 12.3. The molecular weight excluding hydrogens is 263 g/mol. The van der Waals surface area contributed by atoms with Gasteiger partial charge in [-0.05, 0) is 37.6 Å². The lowest BCUT2D eigenvalue weighted by atomic mass is 10.1. The Morgan fingerprint density at radius 2 is 2.11 bits per heavy atom. The summed E-state index contributed by atoms with van der Waals surface area (Å²) in [6, 6.07) is 4.33. The molecule has 1 atom stereocenters. The fraction of sp³-hybridized carbons (Fsp3) is 0.429. The Kier molecular flexibility index (Phi) is 5.42. The molecule has 0 saturated carbocycles. The van der Waals surface area contributed by atoms with Crippen LogP contribution in [0.3, 0.4) is 0 Å². The van der Waals surface area contributed by atoms with E-state index in [0.717, 1.165) is 5.56 Å². The Morgan fingerprint density at radius 1 is 1.47 bits per heavy atom. The van der Waals surface area contributed by atoms with E-state index in [2.05, 4.69) is 0 Å². The summed E-state index contributed by atoms with van der Waals surface area (Å²) in [5, 5.41) is 0. The van der Waals surface area contributed by atoms with Crippen molar-refractivity contribution >= 4 is 23.1 Å². The second-order valence-electron chi connectivity index (χ2n) is 4.66. The average Bonchev–Trinajstić information content (AvgIpc) is 2.33. The van der Waals surface area contributed by atoms with E-state index in [9.17, 15) is 9.18 Å². The molecule has 104 valence electrons. The predicted molar refractivity (Wildman–Crippen MR) is 78.7 cm³/mol. The van der Waals surface area contributed by atoms with Crippen LogP contribution in [-0.2, 0) is 0 Å².